The summed E-state index contributed by atoms with van der Waals surface area (Å²) in [6.07, 6.45) is 0.668. The van der Waals surface area contributed by atoms with Crippen molar-refractivity contribution in [2.75, 3.05) is 40.4 Å². The molecule has 0 aromatic rings. The Balaban J connectivity index is 2.37. The lowest BCUT2D eigenvalue weighted by Crippen LogP contribution is -2.49. The predicted octanol–water partition coefficient (Wildman–Crippen LogP) is -0.142. The SMILES string of the molecule is CNCC1CN(C(C)CC(=O)OC)CCO1. The van der Waals surface area contributed by atoms with Gasteiger partial charge in [0.05, 0.1) is 26.2 Å². The van der Waals surface area contributed by atoms with E-state index in [1.54, 1.807) is 0 Å². The van der Waals surface area contributed by atoms with Crippen molar-refractivity contribution in [3.8, 4) is 0 Å². The molecule has 1 aliphatic heterocycles. The normalized spacial score (nSPS) is 24.1. The van der Waals surface area contributed by atoms with E-state index in [-0.39, 0.29) is 18.1 Å². The lowest BCUT2D eigenvalue weighted by Gasteiger charge is -2.36. The molecule has 0 amide bonds. The number of likely N-dealkylation sites (N-methyl/N-ethyl adjacent to an activating group) is 1. The number of rotatable bonds is 5. The first kappa shape index (κ1) is 13.4. The second kappa shape index (κ2) is 6.83. The van der Waals surface area contributed by atoms with Gasteiger partial charge in [-0.3, -0.25) is 9.69 Å². The zero-order chi connectivity index (χ0) is 12.0. The minimum atomic E-state index is -0.149. The summed E-state index contributed by atoms with van der Waals surface area (Å²) in [6, 6.07) is 0.218. The van der Waals surface area contributed by atoms with Crippen LogP contribution in [-0.4, -0.2) is 63.4 Å². The smallest absolute Gasteiger partial charge is 0.307 e. The molecule has 0 bridgehead atoms. The van der Waals surface area contributed by atoms with Crippen molar-refractivity contribution in [1.82, 2.24) is 10.2 Å². The van der Waals surface area contributed by atoms with E-state index >= 15 is 0 Å². The Morgan fingerprint density at radius 2 is 2.44 bits per heavy atom. The number of methoxy groups -OCH3 is 1. The van der Waals surface area contributed by atoms with E-state index in [1.807, 2.05) is 7.05 Å². The highest BCUT2D eigenvalue weighted by atomic mass is 16.5. The number of carbonyl (C=O) groups excluding carboxylic acids is 1. The molecule has 0 aliphatic carbocycles. The van der Waals surface area contributed by atoms with Crippen LogP contribution in [0.4, 0.5) is 0 Å². The average molecular weight is 230 g/mol. The van der Waals surface area contributed by atoms with Crippen LogP contribution in [-0.2, 0) is 14.3 Å². The molecular weight excluding hydrogens is 208 g/mol. The van der Waals surface area contributed by atoms with Gasteiger partial charge in [-0.1, -0.05) is 0 Å². The van der Waals surface area contributed by atoms with Crippen molar-refractivity contribution >= 4 is 5.97 Å². The summed E-state index contributed by atoms with van der Waals surface area (Å²) in [4.78, 5) is 13.5. The second-order valence-electron chi connectivity index (χ2n) is 4.17. The number of morpholine rings is 1. The Bertz CT molecular complexity index is 221. The third-order valence-corrected chi connectivity index (χ3v) is 2.92. The first-order valence-electron chi connectivity index (χ1n) is 5.74. The quantitative estimate of drug-likeness (QED) is 0.666. The van der Waals surface area contributed by atoms with Crippen LogP contribution >= 0.6 is 0 Å². The number of carbonyl (C=O) groups is 1. The molecule has 0 aromatic carbocycles. The van der Waals surface area contributed by atoms with E-state index in [1.165, 1.54) is 7.11 Å². The number of hydrogen-bond acceptors (Lipinski definition) is 5. The van der Waals surface area contributed by atoms with Crippen molar-refractivity contribution in [2.24, 2.45) is 0 Å². The van der Waals surface area contributed by atoms with Gasteiger partial charge in [0.2, 0.25) is 0 Å². The lowest BCUT2D eigenvalue weighted by atomic mass is 10.1. The Morgan fingerprint density at radius 3 is 3.06 bits per heavy atom. The lowest BCUT2D eigenvalue weighted by molar-refractivity contribution is -0.142. The molecule has 5 heteroatoms. The molecule has 0 spiro atoms. The van der Waals surface area contributed by atoms with Gasteiger partial charge in [-0.15, -0.1) is 0 Å². The van der Waals surface area contributed by atoms with E-state index < -0.39 is 0 Å². The summed E-state index contributed by atoms with van der Waals surface area (Å²) in [5.74, 6) is -0.149. The van der Waals surface area contributed by atoms with Gasteiger partial charge >= 0.3 is 5.97 Å². The molecule has 1 aliphatic rings. The Hall–Kier alpha value is -0.650. The number of hydrogen-bond donors (Lipinski definition) is 1. The third kappa shape index (κ3) is 4.08. The van der Waals surface area contributed by atoms with E-state index in [0.29, 0.717) is 6.42 Å². The molecule has 0 saturated carbocycles. The third-order valence-electron chi connectivity index (χ3n) is 2.92. The standard InChI is InChI=1S/C11H22N2O3/c1-9(6-11(14)15-3)13-4-5-16-10(8-13)7-12-2/h9-10,12H,4-8H2,1-3H3. The highest BCUT2D eigenvalue weighted by Gasteiger charge is 2.24. The largest absolute Gasteiger partial charge is 0.469 e. The van der Waals surface area contributed by atoms with Crippen molar-refractivity contribution in [2.45, 2.75) is 25.5 Å². The van der Waals surface area contributed by atoms with Crippen LogP contribution < -0.4 is 5.32 Å². The van der Waals surface area contributed by atoms with Gasteiger partial charge in [0.1, 0.15) is 0 Å². The summed E-state index contributed by atoms with van der Waals surface area (Å²) in [7, 11) is 3.35. The summed E-state index contributed by atoms with van der Waals surface area (Å²) >= 11 is 0. The second-order valence-corrected chi connectivity index (χ2v) is 4.17. The molecule has 1 saturated heterocycles. The molecule has 16 heavy (non-hydrogen) atoms. The van der Waals surface area contributed by atoms with Gasteiger partial charge in [0.25, 0.3) is 0 Å². The van der Waals surface area contributed by atoms with Crippen LogP contribution in [0.25, 0.3) is 0 Å². The Morgan fingerprint density at radius 1 is 1.69 bits per heavy atom. The number of nitrogens with zero attached hydrogens (tertiary/aromatic N) is 1. The van der Waals surface area contributed by atoms with Crippen LogP contribution in [0.2, 0.25) is 0 Å². The molecule has 1 fully saturated rings. The minimum absolute atomic E-state index is 0.149. The fraction of sp³-hybridized carbons (Fsp3) is 0.909. The molecule has 1 rings (SSSR count). The van der Waals surface area contributed by atoms with Crippen molar-refractivity contribution in [1.29, 1.82) is 0 Å². The van der Waals surface area contributed by atoms with Gasteiger partial charge in [0, 0.05) is 25.7 Å². The van der Waals surface area contributed by atoms with Crippen molar-refractivity contribution in [3.63, 3.8) is 0 Å². The van der Waals surface area contributed by atoms with E-state index in [4.69, 9.17) is 4.74 Å². The minimum Gasteiger partial charge on any atom is -0.469 e. The highest BCUT2D eigenvalue weighted by Crippen LogP contribution is 2.11. The summed E-state index contributed by atoms with van der Waals surface area (Å²) in [5.41, 5.74) is 0. The fourth-order valence-corrected chi connectivity index (χ4v) is 1.95. The zero-order valence-electron chi connectivity index (χ0n) is 10.4. The van der Waals surface area contributed by atoms with Gasteiger partial charge in [-0.2, -0.15) is 0 Å². The van der Waals surface area contributed by atoms with Crippen LogP contribution in [0.5, 0.6) is 0 Å². The first-order chi connectivity index (χ1) is 7.67. The Kier molecular flexibility index (Phi) is 5.73. The van der Waals surface area contributed by atoms with Crippen LogP contribution in [0.3, 0.4) is 0 Å². The van der Waals surface area contributed by atoms with Gasteiger partial charge in [-0.05, 0) is 14.0 Å². The predicted molar refractivity (Wildman–Crippen MR) is 61.3 cm³/mol. The van der Waals surface area contributed by atoms with Crippen LogP contribution in [0.1, 0.15) is 13.3 Å². The maximum Gasteiger partial charge on any atom is 0.307 e. The zero-order valence-corrected chi connectivity index (χ0v) is 10.4. The molecule has 2 atom stereocenters. The Labute approximate surface area is 97.1 Å². The maximum atomic E-state index is 11.2. The monoisotopic (exact) mass is 230 g/mol. The molecule has 5 nitrogen and oxygen atoms in total. The first-order valence-corrected chi connectivity index (χ1v) is 5.74. The average Bonchev–Trinajstić information content (AvgIpc) is 2.29. The van der Waals surface area contributed by atoms with Gasteiger partial charge in [0.15, 0.2) is 0 Å². The van der Waals surface area contributed by atoms with E-state index in [2.05, 4.69) is 21.9 Å². The fourth-order valence-electron chi connectivity index (χ4n) is 1.95. The molecule has 1 N–H and O–H groups in total. The summed E-state index contributed by atoms with van der Waals surface area (Å²) in [6.45, 7) is 5.40. The molecule has 2 unspecified atom stereocenters. The maximum absolute atomic E-state index is 11.2. The van der Waals surface area contributed by atoms with E-state index in [9.17, 15) is 4.79 Å². The molecule has 94 valence electrons. The highest BCUT2D eigenvalue weighted by molar-refractivity contribution is 5.69. The number of esters is 1. The molecule has 1 heterocycles. The van der Waals surface area contributed by atoms with Crippen LogP contribution in [0, 0.1) is 0 Å². The summed E-state index contributed by atoms with van der Waals surface area (Å²) in [5, 5.41) is 3.11. The number of ether oxygens (including phenoxy) is 2. The van der Waals surface area contributed by atoms with Gasteiger partial charge < -0.3 is 14.8 Å². The molecular formula is C11H22N2O3. The summed E-state index contributed by atoms with van der Waals surface area (Å²) < 4.78 is 10.3. The topological polar surface area (TPSA) is 50.8 Å². The number of nitrogens with one attached hydrogen (secondary N) is 1. The van der Waals surface area contributed by atoms with Gasteiger partial charge in [-0.25, -0.2) is 0 Å². The van der Waals surface area contributed by atoms with Crippen molar-refractivity contribution in [3.05, 3.63) is 0 Å². The molecule has 0 aromatic heterocycles. The van der Waals surface area contributed by atoms with E-state index in [0.717, 1.165) is 26.2 Å². The van der Waals surface area contributed by atoms with Crippen LogP contribution in [0.15, 0.2) is 0 Å². The molecule has 0 radical (unpaired) electrons. The van der Waals surface area contributed by atoms with Crippen molar-refractivity contribution < 1.29 is 14.3 Å².